The number of benzene rings is 1. The molecule has 0 radical (unpaired) electrons. The number of ether oxygens (including phenoxy) is 1. The fraction of sp³-hybridized carbons (Fsp3) is 0.611. The van der Waals surface area contributed by atoms with Crippen LogP contribution in [0.1, 0.15) is 36.5 Å². The van der Waals surface area contributed by atoms with Crippen LogP contribution >= 0.6 is 0 Å². The molecule has 7 nitrogen and oxygen atoms in total. The Morgan fingerprint density at radius 2 is 2.04 bits per heavy atom. The van der Waals surface area contributed by atoms with Crippen molar-refractivity contribution < 1.29 is 14.5 Å². The maximum Gasteiger partial charge on any atom is 0.293 e. The molecule has 1 aromatic rings. The molecule has 2 aliphatic rings. The molecule has 2 aliphatic heterocycles. The van der Waals surface area contributed by atoms with Crippen molar-refractivity contribution in [3.05, 3.63) is 33.9 Å². The molecule has 2 heterocycles. The van der Waals surface area contributed by atoms with Gasteiger partial charge in [-0.1, -0.05) is 0 Å². The maximum absolute atomic E-state index is 11.6. The van der Waals surface area contributed by atoms with Gasteiger partial charge in [-0.25, -0.2) is 0 Å². The Hall–Kier alpha value is -1.99. The first-order chi connectivity index (χ1) is 12.1. The van der Waals surface area contributed by atoms with E-state index in [0.29, 0.717) is 11.3 Å². The summed E-state index contributed by atoms with van der Waals surface area (Å²) in [5.41, 5.74) is 1.05. The minimum atomic E-state index is -0.373. The minimum absolute atomic E-state index is 0.0292. The van der Waals surface area contributed by atoms with Crippen molar-refractivity contribution in [3.63, 3.8) is 0 Å². The fourth-order valence-electron chi connectivity index (χ4n) is 3.72. The van der Waals surface area contributed by atoms with E-state index in [1.54, 1.807) is 12.1 Å². The van der Waals surface area contributed by atoms with E-state index in [4.69, 9.17) is 4.74 Å². The van der Waals surface area contributed by atoms with Crippen molar-refractivity contribution in [1.82, 2.24) is 4.90 Å². The van der Waals surface area contributed by atoms with Crippen molar-refractivity contribution in [3.8, 4) is 0 Å². The van der Waals surface area contributed by atoms with E-state index in [1.165, 1.54) is 13.0 Å². The molecule has 7 heteroatoms. The molecule has 0 aromatic heterocycles. The molecule has 1 atom stereocenters. The number of nitrogens with zero attached hydrogens (tertiary/aromatic N) is 3. The van der Waals surface area contributed by atoms with Crippen LogP contribution in [-0.2, 0) is 4.74 Å². The van der Waals surface area contributed by atoms with Crippen molar-refractivity contribution in [2.45, 2.75) is 32.2 Å². The van der Waals surface area contributed by atoms with E-state index in [2.05, 4.69) is 9.80 Å². The summed E-state index contributed by atoms with van der Waals surface area (Å²) < 4.78 is 5.41. The number of carbonyl (C=O) groups is 1. The van der Waals surface area contributed by atoms with Gasteiger partial charge < -0.3 is 9.64 Å². The lowest BCUT2D eigenvalue weighted by atomic mass is 9.99. The van der Waals surface area contributed by atoms with Gasteiger partial charge in [0.25, 0.3) is 5.69 Å². The smallest absolute Gasteiger partial charge is 0.293 e. The van der Waals surface area contributed by atoms with Gasteiger partial charge in [-0.15, -0.1) is 0 Å². The van der Waals surface area contributed by atoms with E-state index in [-0.39, 0.29) is 22.4 Å². The molecule has 25 heavy (non-hydrogen) atoms. The van der Waals surface area contributed by atoms with Gasteiger partial charge in [0.1, 0.15) is 5.69 Å². The van der Waals surface area contributed by atoms with Crippen LogP contribution in [0.3, 0.4) is 0 Å². The van der Waals surface area contributed by atoms with Crippen molar-refractivity contribution in [2.24, 2.45) is 0 Å². The normalized spacial score (nSPS) is 22.0. The third-order valence-corrected chi connectivity index (χ3v) is 5.09. The second-order valence-corrected chi connectivity index (χ2v) is 6.77. The number of hydrogen-bond donors (Lipinski definition) is 0. The van der Waals surface area contributed by atoms with Crippen LogP contribution in [0.15, 0.2) is 18.2 Å². The highest BCUT2D eigenvalue weighted by atomic mass is 16.6. The molecule has 2 fully saturated rings. The second-order valence-electron chi connectivity index (χ2n) is 6.77. The van der Waals surface area contributed by atoms with Crippen LogP contribution in [0.2, 0.25) is 0 Å². The molecule has 0 aliphatic carbocycles. The topological polar surface area (TPSA) is 75.9 Å². The molecule has 1 aromatic carbocycles. The standard InChI is InChI=1S/C18H25N3O4/c1-14(22)15-5-6-17(18(12-15)21(23)24)20-7-3-2-4-16(20)13-19-8-10-25-11-9-19/h5-6,12,16H,2-4,7-11,13H2,1H3. The highest BCUT2D eigenvalue weighted by Crippen LogP contribution is 2.34. The van der Waals surface area contributed by atoms with E-state index < -0.39 is 0 Å². The predicted molar refractivity (Wildman–Crippen MR) is 95.3 cm³/mol. The summed E-state index contributed by atoms with van der Waals surface area (Å²) in [6, 6.07) is 5.11. The van der Waals surface area contributed by atoms with Gasteiger partial charge in [0.05, 0.1) is 18.1 Å². The summed E-state index contributed by atoms with van der Waals surface area (Å²) >= 11 is 0. The Morgan fingerprint density at radius 3 is 2.72 bits per heavy atom. The number of nitro groups is 1. The lowest BCUT2D eigenvalue weighted by molar-refractivity contribution is -0.384. The van der Waals surface area contributed by atoms with Gasteiger partial charge in [0.15, 0.2) is 5.78 Å². The molecule has 1 unspecified atom stereocenters. The Balaban J connectivity index is 1.86. The van der Waals surface area contributed by atoms with Crippen molar-refractivity contribution in [2.75, 3.05) is 44.3 Å². The number of anilines is 1. The maximum atomic E-state index is 11.6. The van der Waals surface area contributed by atoms with Crippen molar-refractivity contribution >= 4 is 17.2 Å². The summed E-state index contributed by atoms with van der Waals surface area (Å²) in [7, 11) is 0. The van der Waals surface area contributed by atoms with Crippen LogP contribution < -0.4 is 4.90 Å². The summed E-state index contributed by atoms with van der Waals surface area (Å²) in [6.45, 7) is 6.47. The highest BCUT2D eigenvalue weighted by molar-refractivity contribution is 5.95. The molecule has 0 amide bonds. The van der Waals surface area contributed by atoms with Gasteiger partial charge in [-0.2, -0.15) is 0 Å². The van der Waals surface area contributed by atoms with E-state index in [1.807, 2.05) is 0 Å². The number of morpholine rings is 1. The molecule has 2 saturated heterocycles. The molecular weight excluding hydrogens is 322 g/mol. The Bertz CT molecular complexity index is 643. The zero-order valence-electron chi connectivity index (χ0n) is 14.6. The summed E-state index contributed by atoms with van der Waals surface area (Å²) in [5, 5.41) is 11.6. The van der Waals surface area contributed by atoms with Crippen LogP contribution in [0.4, 0.5) is 11.4 Å². The van der Waals surface area contributed by atoms with Crippen LogP contribution in [0.25, 0.3) is 0 Å². The Labute approximate surface area is 147 Å². The number of nitro benzene ring substituents is 1. The summed E-state index contributed by atoms with van der Waals surface area (Å²) in [5.74, 6) is -0.154. The van der Waals surface area contributed by atoms with Crippen LogP contribution in [0.5, 0.6) is 0 Å². The van der Waals surface area contributed by atoms with Gasteiger partial charge in [0, 0.05) is 43.9 Å². The van der Waals surface area contributed by atoms with E-state index in [9.17, 15) is 14.9 Å². The minimum Gasteiger partial charge on any atom is -0.379 e. The SMILES string of the molecule is CC(=O)c1ccc(N2CCCCC2CN2CCOCC2)c([N+](=O)[O-])c1. The molecular formula is C18H25N3O4. The second kappa shape index (κ2) is 7.93. The number of rotatable bonds is 5. The van der Waals surface area contributed by atoms with E-state index >= 15 is 0 Å². The first kappa shape index (κ1) is 17.8. The zero-order valence-corrected chi connectivity index (χ0v) is 14.6. The first-order valence-corrected chi connectivity index (χ1v) is 8.92. The number of hydrogen-bond acceptors (Lipinski definition) is 6. The molecule has 136 valence electrons. The van der Waals surface area contributed by atoms with Crippen molar-refractivity contribution in [1.29, 1.82) is 0 Å². The average molecular weight is 347 g/mol. The first-order valence-electron chi connectivity index (χ1n) is 8.92. The molecule has 3 rings (SSSR count). The predicted octanol–water partition coefficient (Wildman–Crippen LogP) is 2.49. The van der Waals surface area contributed by atoms with Crippen LogP contribution in [-0.4, -0.2) is 61.0 Å². The molecule has 0 saturated carbocycles. The Morgan fingerprint density at radius 1 is 1.28 bits per heavy atom. The number of Topliss-reactive ketones (excluding diaryl/α,β-unsaturated/α-hetero) is 1. The number of ketones is 1. The lowest BCUT2D eigenvalue weighted by Crippen LogP contribution is -2.49. The van der Waals surface area contributed by atoms with E-state index in [0.717, 1.165) is 58.7 Å². The third-order valence-electron chi connectivity index (χ3n) is 5.09. The molecule has 0 N–H and O–H groups in total. The fourth-order valence-corrected chi connectivity index (χ4v) is 3.72. The summed E-state index contributed by atoms with van der Waals surface area (Å²) in [4.78, 5) is 27.3. The quantitative estimate of drug-likeness (QED) is 0.463. The number of piperidine rings is 1. The largest absolute Gasteiger partial charge is 0.379 e. The monoisotopic (exact) mass is 347 g/mol. The van der Waals surface area contributed by atoms with Gasteiger partial charge in [0.2, 0.25) is 0 Å². The lowest BCUT2D eigenvalue weighted by Gasteiger charge is -2.40. The average Bonchev–Trinajstić information content (AvgIpc) is 2.62. The molecule has 0 bridgehead atoms. The van der Waals surface area contributed by atoms with Gasteiger partial charge >= 0.3 is 0 Å². The number of carbonyl (C=O) groups excluding carboxylic acids is 1. The zero-order chi connectivity index (χ0) is 17.8. The molecule has 0 spiro atoms. The van der Waals surface area contributed by atoms with Gasteiger partial charge in [-0.05, 0) is 38.3 Å². The summed E-state index contributed by atoms with van der Waals surface area (Å²) in [6.07, 6.45) is 3.21. The van der Waals surface area contributed by atoms with Gasteiger partial charge in [-0.3, -0.25) is 19.8 Å². The highest BCUT2D eigenvalue weighted by Gasteiger charge is 2.30. The Kier molecular flexibility index (Phi) is 5.65. The van der Waals surface area contributed by atoms with Crippen LogP contribution in [0, 0.1) is 10.1 Å². The third kappa shape index (κ3) is 4.16.